The molecule has 44 heavy (non-hydrogen) atoms. The number of aliphatic hydroxyl groups excluding tert-OH is 1. The zero-order valence-electron chi connectivity index (χ0n) is 25.5. The highest BCUT2D eigenvalue weighted by Gasteiger charge is 2.74. The number of rotatable bonds is 6. The molecule has 2 bridgehead atoms. The lowest BCUT2D eigenvalue weighted by molar-refractivity contribution is -0.166. The predicted octanol–water partition coefficient (Wildman–Crippen LogP) is 6.80. The number of carbonyl (C=O) groups is 1. The average Bonchev–Trinajstić information content (AvgIpc) is 3.74. The van der Waals surface area contributed by atoms with Gasteiger partial charge in [-0.05, 0) is 93.4 Å². The Hall–Kier alpha value is -2.59. The number of thioether (sulfide) groups is 1. The number of pyridine rings is 1. The summed E-state index contributed by atoms with van der Waals surface area (Å²) in [5.74, 6) is 1.76. The maximum Gasteiger partial charge on any atom is 0.208 e. The Bertz CT molecular complexity index is 1700. The molecule has 3 heterocycles. The fourth-order valence-electron chi connectivity index (χ4n) is 10.4. The number of thiophene rings is 1. The van der Waals surface area contributed by atoms with Crippen LogP contribution >= 0.6 is 23.1 Å². The van der Waals surface area contributed by atoms with Crippen molar-refractivity contribution in [3.8, 4) is 11.4 Å². The number of fused-ring (bicyclic) bond motifs is 1. The number of nitrogens with one attached hydrogen (secondary N) is 1. The minimum Gasteiger partial charge on any atom is -0.393 e. The molecule has 230 valence electrons. The van der Waals surface area contributed by atoms with Crippen molar-refractivity contribution in [2.45, 2.75) is 82.6 Å². The Balaban J connectivity index is 1.16. The number of nitrogens with zero attached hydrogens (tertiary/aromatic N) is 3. The smallest absolute Gasteiger partial charge is 0.208 e. The molecule has 0 radical (unpaired) electrons. The third-order valence-electron chi connectivity index (χ3n) is 12.8. The van der Waals surface area contributed by atoms with E-state index < -0.39 is 11.0 Å². The normalized spacial score (nSPS) is 40.3. The fraction of sp³-hybridized carbons (Fsp3) is 0.543. The summed E-state index contributed by atoms with van der Waals surface area (Å²) in [6, 6.07) is 7.82. The van der Waals surface area contributed by atoms with Crippen LogP contribution in [0.2, 0.25) is 0 Å². The van der Waals surface area contributed by atoms with Crippen LogP contribution in [0.1, 0.15) is 73.3 Å². The Morgan fingerprint density at radius 1 is 1.05 bits per heavy atom. The number of hydrogen-bond acceptors (Lipinski definition) is 8. The lowest BCUT2D eigenvalue weighted by Gasteiger charge is -2.71. The van der Waals surface area contributed by atoms with Gasteiger partial charge in [0.25, 0.3) is 0 Å². The largest absolute Gasteiger partial charge is 0.393 e. The lowest BCUT2D eigenvalue weighted by atomic mass is 9.33. The molecule has 0 aromatic carbocycles. The van der Waals surface area contributed by atoms with Gasteiger partial charge in [0.15, 0.2) is 11.6 Å². The topological polar surface area (TPSA) is 112 Å². The van der Waals surface area contributed by atoms with Crippen molar-refractivity contribution in [3.05, 3.63) is 70.2 Å². The van der Waals surface area contributed by atoms with Gasteiger partial charge in [0, 0.05) is 50.4 Å². The SMILES string of the molecule is Cc1ccc(C(=O)C2=C[C@@]34C=C[C@@]25[C@@H]2CC[C@@](O)(CSc6n[nH]c(-c7ccncc7)n6)[C@@]2(C)CC[C@@H]5[C@@]3(C)CCC(O)C4)s1. The number of Topliss-reactive ketones (excluding diaryl/α,β-unsaturated/α-hetero) is 1. The minimum atomic E-state index is -0.920. The second-order valence-corrected chi connectivity index (χ2v) is 16.8. The first-order valence-corrected chi connectivity index (χ1v) is 17.7. The second-order valence-electron chi connectivity index (χ2n) is 14.5. The van der Waals surface area contributed by atoms with Gasteiger partial charge in [0.05, 0.1) is 16.6 Å². The quantitative estimate of drug-likeness (QED) is 0.156. The Kier molecular flexibility index (Phi) is 6.37. The van der Waals surface area contributed by atoms with E-state index in [0.29, 0.717) is 35.5 Å². The summed E-state index contributed by atoms with van der Waals surface area (Å²) >= 11 is 3.08. The molecule has 9 rings (SSSR count). The number of carbonyl (C=O) groups excluding carboxylic acids is 1. The van der Waals surface area contributed by atoms with Crippen LogP contribution in [0.3, 0.4) is 0 Å². The molecule has 2 spiro atoms. The third kappa shape index (κ3) is 3.76. The van der Waals surface area contributed by atoms with E-state index in [-0.39, 0.29) is 34.1 Å². The van der Waals surface area contributed by atoms with E-state index in [4.69, 9.17) is 4.98 Å². The van der Waals surface area contributed by atoms with Crippen LogP contribution < -0.4 is 0 Å². The van der Waals surface area contributed by atoms with Crippen molar-refractivity contribution in [1.82, 2.24) is 20.2 Å². The molecule has 7 nitrogen and oxygen atoms in total. The number of hydrogen-bond donors (Lipinski definition) is 3. The number of allylic oxidation sites excluding steroid dienone is 4. The molecule has 8 atom stereocenters. The van der Waals surface area contributed by atoms with Crippen LogP contribution in [0.25, 0.3) is 11.4 Å². The monoisotopic (exact) mass is 628 g/mol. The van der Waals surface area contributed by atoms with Crippen LogP contribution in [0.5, 0.6) is 0 Å². The maximum atomic E-state index is 14.5. The summed E-state index contributed by atoms with van der Waals surface area (Å²) < 4.78 is 0. The number of ketones is 1. The van der Waals surface area contributed by atoms with Crippen LogP contribution in [0, 0.1) is 40.4 Å². The van der Waals surface area contributed by atoms with Gasteiger partial charge >= 0.3 is 0 Å². The van der Waals surface area contributed by atoms with E-state index in [1.54, 1.807) is 23.7 Å². The fourth-order valence-corrected chi connectivity index (χ4v) is 12.3. The number of aromatic nitrogens is 4. The van der Waals surface area contributed by atoms with Gasteiger partial charge in [-0.2, -0.15) is 0 Å². The van der Waals surface area contributed by atoms with E-state index in [0.717, 1.165) is 53.0 Å². The predicted molar refractivity (Wildman–Crippen MR) is 172 cm³/mol. The van der Waals surface area contributed by atoms with E-state index in [1.807, 2.05) is 24.3 Å². The van der Waals surface area contributed by atoms with Crippen molar-refractivity contribution in [1.29, 1.82) is 0 Å². The zero-order chi connectivity index (χ0) is 30.5. The lowest BCUT2D eigenvalue weighted by Crippen LogP contribution is -2.67. The standard InChI is InChI=1S/C35H40N4O3S2/c1-21-4-5-25(44-21)28(41)24-19-33-14-15-35(24)26(31(33,2)11-6-23(40)18-33)7-12-32(3)27(35)8-13-34(32,42)20-43-30-37-29(38-39-30)22-9-16-36-17-10-22/h4-5,9-10,14-17,19,23,26-27,40,42H,6-8,11-13,18,20H2,1-3H3,(H,37,38,39)/t23?,26-,27-,31-,32+,33+,34-,35-/m1/s1. The molecule has 6 aliphatic carbocycles. The first-order valence-electron chi connectivity index (χ1n) is 15.9. The van der Waals surface area contributed by atoms with Gasteiger partial charge in [-0.15, -0.1) is 16.4 Å². The van der Waals surface area contributed by atoms with E-state index in [9.17, 15) is 15.0 Å². The second kappa shape index (κ2) is 9.71. The summed E-state index contributed by atoms with van der Waals surface area (Å²) in [6.07, 6.45) is 16.0. The highest BCUT2D eigenvalue weighted by molar-refractivity contribution is 7.99. The molecule has 3 aromatic heterocycles. The number of aryl methyl sites for hydroxylation is 1. The number of aromatic amines is 1. The summed E-state index contributed by atoms with van der Waals surface area (Å²) in [6.45, 7) is 6.76. The van der Waals surface area contributed by atoms with Crippen LogP contribution in [0.4, 0.5) is 0 Å². The molecule has 3 fully saturated rings. The van der Waals surface area contributed by atoms with Crippen molar-refractivity contribution < 1.29 is 15.0 Å². The first-order chi connectivity index (χ1) is 21.0. The summed E-state index contributed by atoms with van der Waals surface area (Å²) in [5.41, 5.74) is -0.236. The Morgan fingerprint density at radius 2 is 1.80 bits per heavy atom. The number of aliphatic hydroxyl groups is 2. The summed E-state index contributed by atoms with van der Waals surface area (Å²) in [7, 11) is 0. The molecule has 0 amide bonds. The minimum absolute atomic E-state index is 0.0325. The summed E-state index contributed by atoms with van der Waals surface area (Å²) in [4.78, 5) is 25.3. The molecule has 3 N–H and O–H groups in total. The van der Waals surface area contributed by atoms with Crippen molar-refractivity contribution in [3.63, 3.8) is 0 Å². The van der Waals surface area contributed by atoms with Crippen molar-refractivity contribution in [2.24, 2.45) is 33.5 Å². The highest BCUT2D eigenvalue weighted by Crippen LogP contribution is 2.78. The molecule has 3 saturated carbocycles. The zero-order valence-corrected chi connectivity index (χ0v) is 27.2. The molecule has 0 aliphatic heterocycles. The average molecular weight is 629 g/mol. The van der Waals surface area contributed by atoms with Crippen LogP contribution in [0.15, 0.2) is 65.6 Å². The summed E-state index contributed by atoms with van der Waals surface area (Å²) in [5, 5.41) is 31.6. The van der Waals surface area contributed by atoms with Crippen molar-refractivity contribution in [2.75, 3.05) is 5.75 Å². The molecule has 3 aromatic rings. The third-order valence-corrected chi connectivity index (χ3v) is 14.8. The van der Waals surface area contributed by atoms with E-state index >= 15 is 0 Å². The van der Waals surface area contributed by atoms with Gasteiger partial charge < -0.3 is 10.2 Å². The highest BCUT2D eigenvalue weighted by atomic mass is 32.2. The maximum absolute atomic E-state index is 14.5. The molecule has 6 aliphatic rings. The van der Waals surface area contributed by atoms with Crippen LogP contribution in [-0.2, 0) is 0 Å². The Morgan fingerprint density at radius 3 is 2.57 bits per heavy atom. The molecule has 0 saturated heterocycles. The van der Waals surface area contributed by atoms with Gasteiger partial charge in [0.1, 0.15) is 0 Å². The molecule has 1 unspecified atom stereocenters. The van der Waals surface area contributed by atoms with Gasteiger partial charge in [-0.25, -0.2) is 4.98 Å². The molecule has 9 heteroatoms. The van der Waals surface area contributed by atoms with Crippen LogP contribution in [-0.4, -0.2) is 53.6 Å². The van der Waals surface area contributed by atoms with Crippen molar-refractivity contribution >= 4 is 28.9 Å². The van der Waals surface area contributed by atoms with Gasteiger partial charge in [-0.1, -0.05) is 43.8 Å². The molecular formula is C35H40N4O3S2. The van der Waals surface area contributed by atoms with E-state index in [2.05, 4.69) is 54.2 Å². The van der Waals surface area contributed by atoms with Gasteiger partial charge in [0.2, 0.25) is 5.16 Å². The van der Waals surface area contributed by atoms with E-state index in [1.165, 1.54) is 11.8 Å². The van der Waals surface area contributed by atoms with Gasteiger partial charge in [-0.3, -0.25) is 14.9 Å². The first kappa shape index (κ1) is 28.9. The Labute approximate surface area is 266 Å². The molecular weight excluding hydrogens is 589 g/mol. The number of H-pyrrole nitrogens is 1.